The number of ether oxygens (including phenoxy) is 2. The lowest BCUT2D eigenvalue weighted by atomic mass is 10.2. The van der Waals surface area contributed by atoms with Gasteiger partial charge in [0.15, 0.2) is 11.6 Å². The molecule has 1 fully saturated rings. The molecule has 2 heterocycles. The fourth-order valence-corrected chi connectivity index (χ4v) is 2.68. The van der Waals surface area contributed by atoms with Crippen LogP contribution in [0.15, 0.2) is 36.5 Å². The van der Waals surface area contributed by atoms with Gasteiger partial charge in [-0.15, -0.1) is 0 Å². The summed E-state index contributed by atoms with van der Waals surface area (Å²) in [4.78, 5) is 18.2. The van der Waals surface area contributed by atoms with Crippen LogP contribution in [-0.2, 0) is 4.79 Å². The predicted molar refractivity (Wildman–Crippen MR) is 88.1 cm³/mol. The first-order chi connectivity index (χ1) is 11.6. The first kappa shape index (κ1) is 16.0. The summed E-state index contributed by atoms with van der Waals surface area (Å²) in [6.07, 6.45) is 2.03. The van der Waals surface area contributed by atoms with E-state index in [-0.39, 0.29) is 11.7 Å². The molecular formula is C17H18FN3O3. The van der Waals surface area contributed by atoms with Crippen molar-refractivity contribution < 1.29 is 18.7 Å². The molecule has 0 saturated carbocycles. The molecule has 0 unspecified atom stereocenters. The Balaban J connectivity index is 1.80. The summed E-state index contributed by atoms with van der Waals surface area (Å²) < 4.78 is 24.2. The number of pyridine rings is 1. The van der Waals surface area contributed by atoms with Gasteiger partial charge < -0.3 is 19.7 Å². The average Bonchev–Trinajstić information content (AvgIpc) is 2.97. The van der Waals surface area contributed by atoms with Crippen molar-refractivity contribution in [3.05, 3.63) is 42.3 Å². The number of methoxy groups -OCH3 is 2. The van der Waals surface area contributed by atoms with Gasteiger partial charge in [-0.05, 0) is 18.6 Å². The average molecular weight is 331 g/mol. The van der Waals surface area contributed by atoms with Gasteiger partial charge in [0.1, 0.15) is 17.5 Å². The normalized spacial score (nSPS) is 17.0. The third kappa shape index (κ3) is 3.10. The van der Waals surface area contributed by atoms with E-state index in [1.54, 1.807) is 37.3 Å². The van der Waals surface area contributed by atoms with E-state index in [4.69, 9.17) is 9.47 Å². The number of hydrogen-bond donors (Lipinski definition) is 1. The van der Waals surface area contributed by atoms with Crippen molar-refractivity contribution in [2.75, 3.05) is 31.0 Å². The van der Waals surface area contributed by atoms with E-state index in [0.29, 0.717) is 30.2 Å². The van der Waals surface area contributed by atoms with Gasteiger partial charge in [0.05, 0.1) is 19.9 Å². The molecule has 1 aliphatic rings. The largest absolute Gasteiger partial charge is 0.497 e. The molecule has 1 saturated heterocycles. The number of carbonyl (C=O) groups is 1. The summed E-state index contributed by atoms with van der Waals surface area (Å²) in [5.41, 5.74) is 0.682. The van der Waals surface area contributed by atoms with E-state index >= 15 is 0 Å². The van der Waals surface area contributed by atoms with Crippen molar-refractivity contribution in [3.8, 4) is 11.5 Å². The van der Waals surface area contributed by atoms with Gasteiger partial charge in [-0.1, -0.05) is 0 Å². The maximum absolute atomic E-state index is 13.7. The van der Waals surface area contributed by atoms with Gasteiger partial charge in [-0.25, -0.2) is 9.37 Å². The smallest absolute Gasteiger partial charge is 0.249 e. The van der Waals surface area contributed by atoms with E-state index in [9.17, 15) is 9.18 Å². The Labute approximate surface area is 139 Å². The number of aromatic nitrogens is 1. The standard InChI is InChI=1S/C17H18FN3O3/c1-23-12-8-11(9-13(10-12)24-2)21-7-5-15(17(21)22)20-16-14(18)4-3-6-19-16/h3-4,6,8-10,15H,5,7H2,1-2H3,(H,19,20)/t15-/m0/s1. The van der Waals surface area contributed by atoms with E-state index in [2.05, 4.69) is 10.3 Å². The Morgan fingerprint density at radius 1 is 1.25 bits per heavy atom. The third-order valence-electron chi connectivity index (χ3n) is 3.92. The summed E-state index contributed by atoms with van der Waals surface area (Å²) in [5, 5.41) is 2.88. The van der Waals surface area contributed by atoms with Crippen LogP contribution in [-0.4, -0.2) is 37.7 Å². The summed E-state index contributed by atoms with van der Waals surface area (Å²) in [6.45, 7) is 0.515. The minimum Gasteiger partial charge on any atom is -0.497 e. The maximum Gasteiger partial charge on any atom is 0.249 e. The Kier molecular flexibility index (Phi) is 4.50. The van der Waals surface area contributed by atoms with Crippen LogP contribution in [0, 0.1) is 5.82 Å². The van der Waals surface area contributed by atoms with E-state index in [1.807, 2.05) is 0 Å². The summed E-state index contributed by atoms with van der Waals surface area (Å²) >= 11 is 0. The van der Waals surface area contributed by atoms with Gasteiger partial charge in [-0.3, -0.25) is 4.79 Å². The number of nitrogens with zero attached hydrogens (tertiary/aromatic N) is 2. The molecule has 1 aliphatic heterocycles. The molecule has 1 N–H and O–H groups in total. The van der Waals surface area contributed by atoms with Crippen LogP contribution < -0.4 is 19.7 Å². The molecule has 1 aromatic carbocycles. The van der Waals surface area contributed by atoms with Crippen LogP contribution in [0.1, 0.15) is 6.42 Å². The lowest BCUT2D eigenvalue weighted by molar-refractivity contribution is -0.117. The third-order valence-corrected chi connectivity index (χ3v) is 3.92. The SMILES string of the molecule is COc1cc(OC)cc(N2CC[C@H](Nc3ncccc3F)C2=O)c1. The van der Waals surface area contributed by atoms with Gasteiger partial charge in [0.2, 0.25) is 5.91 Å². The molecule has 1 amide bonds. The number of carbonyl (C=O) groups excluding carboxylic acids is 1. The Bertz CT molecular complexity index is 731. The minimum atomic E-state index is -0.522. The quantitative estimate of drug-likeness (QED) is 0.912. The fourth-order valence-electron chi connectivity index (χ4n) is 2.68. The molecule has 6 nitrogen and oxygen atoms in total. The summed E-state index contributed by atoms with van der Waals surface area (Å²) in [7, 11) is 3.11. The van der Waals surface area contributed by atoms with Gasteiger partial charge in [0, 0.05) is 30.9 Å². The van der Waals surface area contributed by atoms with Crippen LogP contribution in [0.2, 0.25) is 0 Å². The molecule has 7 heteroatoms. The first-order valence-corrected chi connectivity index (χ1v) is 7.54. The number of rotatable bonds is 5. The van der Waals surface area contributed by atoms with E-state index < -0.39 is 11.9 Å². The second-order valence-corrected chi connectivity index (χ2v) is 5.38. The lowest BCUT2D eigenvalue weighted by Gasteiger charge is -2.19. The van der Waals surface area contributed by atoms with Crippen LogP contribution in [0.3, 0.4) is 0 Å². The second kappa shape index (κ2) is 6.74. The van der Waals surface area contributed by atoms with E-state index in [1.165, 1.54) is 18.3 Å². The molecule has 3 rings (SSSR count). The first-order valence-electron chi connectivity index (χ1n) is 7.54. The van der Waals surface area contributed by atoms with Crippen LogP contribution >= 0.6 is 0 Å². The molecule has 0 bridgehead atoms. The molecular weight excluding hydrogens is 313 g/mol. The molecule has 24 heavy (non-hydrogen) atoms. The minimum absolute atomic E-state index is 0.0842. The Morgan fingerprint density at radius 2 is 1.96 bits per heavy atom. The van der Waals surface area contributed by atoms with Crippen molar-refractivity contribution in [2.45, 2.75) is 12.5 Å². The van der Waals surface area contributed by atoms with Crippen LogP contribution in [0.4, 0.5) is 15.9 Å². The molecule has 1 atom stereocenters. The zero-order chi connectivity index (χ0) is 17.1. The maximum atomic E-state index is 13.7. The predicted octanol–water partition coefficient (Wildman–Crippen LogP) is 2.46. The van der Waals surface area contributed by atoms with Crippen LogP contribution in [0.25, 0.3) is 0 Å². The second-order valence-electron chi connectivity index (χ2n) is 5.38. The number of halogens is 1. The van der Waals surface area contributed by atoms with Crippen molar-refractivity contribution in [1.82, 2.24) is 4.98 Å². The zero-order valence-electron chi connectivity index (χ0n) is 13.5. The van der Waals surface area contributed by atoms with Gasteiger partial charge >= 0.3 is 0 Å². The highest BCUT2D eigenvalue weighted by molar-refractivity contribution is 6.01. The number of anilines is 2. The monoisotopic (exact) mass is 331 g/mol. The summed E-state index contributed by atoms with van der Waals surface area (Å²) in [6, 6.07) is 7.56. The van der Waals surface area contributed by atoms with Crippen LogP contribution in [0.5, 0.6) is 11.5 Å². The highest BCUT2D eigenvalue weighted by atomic mass is 19.1. The molecule has 126 valence electrons. The Morgan fingerprint density at radius 3 is 2.58 bits per heavy atom. The zero-order valence-corrected chi connectivity index (χ0v) is 13.5. The lowest BCUT2D eigenvalue weighted by Crippen LogP contribution is -2.33. The number of benzene rings is 1. The molecule has 0 radical (unpaired) electrons. The van der Waals surface area contributed by atoms with Gasteiger partial charge in [-0.2, -0.15) is 0 Å². The fraction of sp³-hybridized carbons (Fsp3) is 0.294. The Hall–Kier alpha value is -2.83. The van der Waals surface area contributed by atoms with Crippen molar-refractivity contribution in [3.63, 3.8) is 0 Å². The molecule has 1 aromatic heterocycles. The number of amides is 1. The number of hydrogen-bond acceptors (Lipinski definition) is 5. The topological polar surface area (TPSA) is 63.7 Å². The van der Waals surface area contributed by atoms with Crippen molar-refractivity contribution in [1.29, 1.82) is 0 Å². The van der Waals surface area contributed by atoms with E-state index in [0.717, 1.165) is 0 Å². The highest BCUT2D eigenvalue weighted by Crippen LogP contribution is 2.31. The molecule has 0 aliphatic carbocycles. The number of nitrogens with one attached hydrogen (secondary N) is 1. The highest BCUT2D eigenvalue weighted by Gasteiger charge is 2.33. The molecule has 0 spiro atoms. The molecule has 2 aromatic rings. The van der Waals surface area contributed by atoms with Crippen molar-refractivity contribution in [2.24, 2.45) is 0 Å². The van der Waals surface area contributed by atoms with Crippen molar-refractivity contribution >= 4 is 17.4 Å². The summed E-state index contributed by atoms with van der Waals surface area (Å²) in [5.74, 6) is 0.664. The van der Waals surface area contributed by atoms with Gasteiger partial charge in [0.25, 0.3) is 0 Å².